The fourth-order valence-electron chi connectivity index (χ4n) is 1.80. The lowest BCUT2D eigenvalue weighted by molar-refractivity contribution is -0.122. The van der Waals surface area contributed by atoms with Crippen LogP contribution in [-0.4, -0.2) is 25.7 Å². The van der Waals surface area contributed by atoms with Gasteiger partial charge in [0.25, 0.3) is 0 Å². The van der Waals surface area contributed by atoms with E-state index in [2.05, 4.69) is 0 Å². The van der Waals surface area contributed by atoms with Crippen LogP contribution in [0, 0.1) is 0 Å². The zero-order valence-electron chi connectivity index (χ0n) is 10.2. The van der Waals surface area contributed by atoms with E-state index in [0.29, 0.717) is 25.4 Å². The van der Waals surface area contributed by atoms with Gasteiger partial charge in [0.05, 0.1) is 13.2 Å². The van der Waals surface area contributed by atoms with Crippen molar-refractivity contribution in [1.82, 2.24) is 0 Å². The maximum Gasteiger partial charge on any atom is 0.228 e. The van der Waals surface area contributed by atoms with Crippen LogP contribution in [0.2, 0.25) is 0 Å². The molecule has 1 amide bonds. The predicted octanol–water partition coefficient (Wildman–Crippen LogP) is 2.22. The van der Waals surface area contributed by atoms with Gasteiger partial charge in [-0.3, -0.25) is 4.79 Å². The van der Waals surface area contributed by atoms with Gasteiger partial charge in [0.1, 0.15) is 0 Å². The van der Waals surface area contributed by atoms with Crippen LogP contribution >= 0.6 is 0 Å². The number of anilines is 1. The van der Waals surface area contributed by atoms with Crippen LogP contribution < -0.4 is 14.4 Å². The van der Waals surface area contributed by atoms with E-state index in [1.54, 1.807) is 4.90 Å². The van der Waals surface area contributed by atoms with Crippen LogP contribution in [0.15, 0.2) is 18.2 Å². The Morgan fingerprint density at radius 2 is 1.88 bits per heavy atom. The minimum atomic E-state index is 0.164. The molecule has 4 heteroatoms. The Kier molecular flexibility index (Phi) is 3.52. The number of β-lactam (4-membered cyclic amide) rings is 1. The van der Waals surface area contributed by atoms with Crippen LogP contribution in [0.4, 0.5) is 5.69 Å². The number of amides is 1. The zero-order chi connectivity index (χ0) is 12.3. The summed E-state index contributed by atoms with van der Waals surface area (Å²) < 4.78 is 11.0. The Morgan fingerprint density at radius 1 is 1.18 bits per heavy atom. The average Bonchev–Trinajstić information content (AvgIpc) is 2.31. The van der Waals surface area contributed by atoms with Gasteiger partial charge < -0.3 is 14.4 Å². The number of rotatable bonds is 5. The molecule has 1 aliphatic rings. The lowest BCUT2D eigenvalue weighted by Crippen LogP contribution is -2.43. The molecule has 0 saturated carbocycles. The summed E-state index contributed by atoms with van der Waals surface area (Å²) in [5, 5.41) is 0. The SMILES string of the molecule is CCOc1ccc(N2CCC2=O)cc1OCC. The lowest BCUT2D eigenvalue weighted by atomic mass is 10.1. The van der Waals surface area contributed by atoms with E-state index in [9.17, 15) is 4.79 Å². The molecule has 0 aromatic heterocycles. The van der Waals surface area contributed by atoms with Crippen molar-refractivity contribution in [2.45, 2.75) is 20.3 Å². The number of nitrogens with zero attached hydrogens (tertiary/aromatic N) is 1. The second-order valence-corrected chi connectivity index (χ2v) is 3.79. The van der Waals surface area contributed by atoms with Crippen molar-refractivity contribution < 1.29 is 14.3 Å². The van der Waals surface area contributed by atoms with Gasteiger partial charge in [-0.2, -0.15) is 0 Å². The zero-order valence-corrected chi connectivity index (χ0v) is 10.2. The number of benzene rings is 1. The summed E-state index contributed by atoms with van der Waals surface area (Å²) >= 11 is 0. The van der Waals surface area contributed by atoms with Crippen molar-refractivity contribution in [2.24, 2.45) is 0 Å². The van der Waals surface area contributed by atoms with Crippen molar-refractivity contribution in [3.8, 4) is 11.5 Å². The number of carbonyl (C=O) groups is 1. The molecule has 1 aromatic rings. The lowest BCUT2D eigenvalue weighted by Gasteiger charge is -2.31. The normalized spacial score (nSPS) is 14.5. The third kappa shape index (κ3) is 2.35. The smallest absolute Gasteiger partial charge is 0.228 e. The summed E-state index contributed by atoms with van der Waals surface area (Å²) in [6.45, 7) is 5.83. The Hall–Kier alpha value is -1.71. The molecular weight excluding hydrogens is 218 g/mol. The molecule has 0 atom stereocenters. The van der Waals surface area contributed by atoms with Gasteiger partial charge in [0, 0.05) is 24.7 Å². The molecule has 1 aliphatic heterocycles. The Morgan fingerprint density at radius 3 is 2.41 bits per heavy atom. The highest BCUT2D eigenvalue weighted by atomic mass is 16.5. The molecule has 4 nitrogen and oxygen atoms in total. The van der Waals surface area contributed by atoms with Gasteiger partial charge in [-0.25, -0.2) is 0 Å². The maximum atomic E-state index is 11.4. The number of hydrogen-bond acceptors (Lipinski definition) is 3. The van der Waals surface area contributed by atoms with Gasteiger partial charge in [-0.05, 0) is 26.0 Å². The third-order valence-corrected chi connectivity index (χ3v) is 2.69. The number of carbonyl (C=O) groups excluding carboxylic acids is 1. The molecule has 92 valence electrons. The third-order valence-electron chi connectivity index (χ3n) is 2.69. The van der Waals surface area contributed by atoms with Crippen molar-refractivity contribution in [3.05, 3.63) is 18.2 Å². The summed E-state index contributed by atoms with van der Waals surface area (Å²) in [4.78, 5) is 13.1. The Balaban J connectivity index is 2.24. The summed E-state index contributed by atoms with van der Waals surface area (Å²) in [6, 6.07) is 5.62. The fraction of sp³-hybridized carbons (Fsp3) is 0.462. The maximum absolute atomic E-state index is 11.4. The molecule has 1 heterocycles. The first-order valence-electron chi connectivity index (χ1n) is 5.96. The van der Waals surface area contributed by atoms with Crippen molar-refractivity contribution in [3.63, 3.8) is 0 Å². The van der Waals surface area contributed by atoms with Crippen molar-refractivity contribution in [2.75, 3.05) is 24.7 Å². The van der Waals surface area contributed by atoms with Crippen LogP contribution in [0.1, 0.15) is 20.3 Å². The monoisotopic (exact) mass is 235 g/mol. The molecule has 0 radical (unpaired) electrons. The second-order valence-electron chi connectivity index (χ2n) is 3.79. The molecule has 17 heavy (non-hydrogen) atoms. The number of ether oxygens (including phenoxy) is 2. The van der Waals surface area contributed by atoms with Crippen molar-refractivity contribution in [1.29, 1.82) is 0 Å². The van der Waals surface area contributed by atoms with Crippen LogP contribution in [0.3, 0.4) is 0 Å². The molecule has 0 unspecified atom stereocenters. The molecule has 0 aliphatic carbocycles. The predicted molar refractivity (Wildman–Crippen MR) is 65.8 cm³/mol. The van der Waals surface area contributed by atoms with E-state index < -0.39 is 0 Å². The first-order valence-corrected chi connectivity index (χ1v) is 5.96. The van der Waals surface area contributed by atoms with E-state index >= 15 is 0 Å². The van der Waals surface area contributed by atoms with Gasteiger partial charge in [-0.1, -0.05) is 0 Å². The summed E-state index contributed by atoms with van der Waals surface area (Å²) in [5.41, 5.74) is 0.883. The Labute approximate surface area is 101 Å². The van der Waals surface area contributed by atoms with Gasteiger partial charge >= 0.3 is 0 Å². The van der Waals surface area contributed by atoms with Crippen LogP contribution in [0.25, 0.3) is 0 Å². The van der Waals surface area contributed by atoms with Gasteiger partial charge in [0.2, 0.25) is 5.91 Å². The van der Waals surface area contributed by atoms with Crippen LogP contribution in [-0.2, 0) is 4.79 Å². The summed E-state index contributed by atoms with van der Waals surface area (Å²) in [6.07, 6.45) is 0.636. The van der Waals surface area contributed by atoms with E-state index in [1.165, 1.54) is 0 Å². The van der Waals surface area contributed by atoms with E-state index in [4.69, 9.17) is 9.47 Å². The molecular formula is C13H17NO3. The van der Waals surface area contributed by atoms with Crippen LogP contribution in [0.5, 0.6) is 11.5 Å². The highest BCUT2D eigenvalue weighted by Gasteiger charge is 2.25. The van der Waals surface area contributed by atoms with E-state index in [1.807, 2.05) is 32.0 Å². The highest BCUT2D eigenvalue weighted by molar-refractivity contribution is 5.99. The minimum absolute atomic E-state index is 0.164. The first kappa shape index (κ1) is 11.8. The van der Waals surface area contributed by atoms with Crippen molar-refractivity contribution >= 4 is 11.6 Å². The quantitative estimate of drug-likeness (QED) is 0.734. The molecule has 1 saturated heterocycles. The average molecular weight is 235 g/mol. The molecule has 0 bridgehead atoms. The molecule has 1 aromatic carbocycles. The minimum Gasteiger partial charge on any atom is -0.490 e. The first-order chi connectivity index (χ1) is 8.26. The van der Waals surface area contributed by atoms with E-state index in [-0.39, 0.29) is 5.91 Å². The fourth-order valence-corrected chi connectivity index (χ4v) is 1.80. The second kappa shape index (κ2) is 5.08. The highest BCUT2D eigenvalue weighted by Crippen LogP contribution is 2.33. The van der Waals surface area contributed by atoms with Gasteiger partial charge in [0.15, 0.2) is 11.5 Å². The standard InChI is InChI=1S/C13H17NO3/c1-3-16-11-6-5-10(9-12(11)17-4-2)14-8-7-13(14)15/h5-6,9H,3-4,7-8H2,1-2H3. The molecule has 2 rings (SSSR count). The van der Waals surface area contributed by atoms with E-state index in [0.717, 1.165) is 18.0 Å². The summed E-state index contributed by atoms with van der Waals surface area (Å²) in [5.74, 6) is 1.59. The topological polar surface area (TPSA) is 38.8 Å². The van der Waals surface area contributed by atoms with Gasteiger partial charge in [-0.15, -0.1) is 0 Å². The molecule has 0 spiro atoms. The molecule has 0 N–H and O–H groups in total. The molecule has 1 fully saturated rings. The largest absolute Gasteiger partial charge is 0.490 e. The summed E-state index contributed by atoms with van der Waals surface area (Å²) in [7, 11) is 0. The number of hydrogen-bond donors (Lipinski definition) is 0. The Bertz CT molecular complexity index is 417.